The van der Waals surface area contributed by atoms with Crippen LogP contribution in [0.25, 0.3) is 0 Å². The maximum atomic E-state index is 4.46. The summed E-state index contributed by atoms with van der Waals surface area (Å²) in [7, 11) is 1.96. The molecule has 0 atom stereocenters. The fourth-order valence-electron chi connectivity index (χ4n) is 2.06. The average Bonchev–Trinajstić information content (AvgIpc) is 2.72. The fraction of sp³-hybridized carbons (Fsp3) is 0.500. The number of hydrogen-bond acceptors (Lipinski definition) is 5. The van der Waals surface area contributed by atoms with E-state index < -0.39 is 0 Å². The van der Waals surface area contributed by atoms with Gasteiger partial charge in [-0.1, -0.05) is 13.3 Å². The monoisotopic (exact) mass is 291 g/mol. The van der Waals surface area contributed by atoms with Gasteiger partial charge in [0.05, 0.1) is 5.69 Å². The lowest BCUT2D eigenvalue weighted by molar-refractivity contribution is 0.691. The summed E-state index contributed by atoms with van der Waals surface area (Å²) in [5, 5.41) is 9.81. The summed E-state index contributed by atoms with van der Waals surface area (Å²) in [5.41, 5.74) is 2.22. The smallest absolute Gasteiger partial charge is 0.133 e. The zero-order valence-electron chi connectivity index (χ0n) is 12.5. The highest BCUT2D eigenvalue weighted by Crippen LogP contribution is 2.32. The van der Waals surface area contributed by atoms with Crippen LogP contribution in [0.4, 0.5) is 5.82 Å². The van der Waals surface area contributed by atoms with Crippen LogP contribution in [0.15, 0.2) is 22.4 Å². The standard InChI is InChI=1S/C14H21N5S/c1-5-7-11-13(15-6-2)16-9-17-14(11)20-12-8-10(3)18-19(12)4/h8-9H,5-7H2,1-4H3,(H,15,16,17). The van der Waals surface area contributed by atoms with Crippen LogP contribution in [-0.4, -0.2) is 26.3 Å². The molecule has 6 heteroatoms. The Morgan fingerprint density at radius 3 is 2.70 bits per heavy atom. The highest BCUT2D eigenvalue weighted by molar-refractivity contribution is 7.99. The van der Waals surface area contributed by atoms with Crippen molar-refractivity contribution in [3.63, 3.8) is 0 Å². The first kappa shape index (κ1) is 14.8. The lowest BCUT2D eigenvalue weighted by Crippen LogP contribution is -2.06. The highest BCUT2D eigenvalue weighted by atomic mass is 32.2. The largest absolute Gasteiger partial charge is 0.370 e. The number of nitrogens with one attached hydrogen (secondary N) is 1. The summed E-state index contributed by atoms with van der Waals surface area (Å²) in [4.78, 5) is 8.82. The molecule has 0 aliphatic rings. The Bertz CT molecular complexity index is 579. The first-order valence-electron chi connectivity index (χ1n) is 6.91. The Kier molecular flexibility index (Phi) is 5.00. The first-order valence-corrected chi connectivity index (χ1v) is 7.73. The van der Waals surface area contributed by atoms with Crippen molar-refractivity contribution < 1.29 is 0 Å². The number of rotatable bonds is 6. The quantitative estimate of drug-likeness (QED) is 0.829. The molecule has 20 heavy (non-hydrogen) atoms. The van der Waals surface area contributed by atoms with Crippen LogP contribution in [-0.2, 0) is 13.5 Å². The molecule has 0 bridgehead atoms. The van der Waals surface area contributed by atoms with Crippen molar-refractivity contribution in [2.75, 3.05) is 11.9 Å². The summed E-state index contributed by atoms with van der Waals surface area (Å²) in [6.07, 6.45) is 3.68. The molecule has 2 aromatic heterocycles. The molecule has 0 saturated heterocycles. The van der Waals surface area contributed by atoms with Gasteiger partial charge in [-0.25, -0.2) is 9.97 Å². The summed E-state index contributed by atoms with van der Waals surface area (Å²) in [5.74, 6) is 0.950. The summed E-state index contributed by atoms with van der Waals surface area (Å²) >= 11 is 1.65. The van der Waals surface area contributed by atoms with E-state index in [1.165, 1.54) is 5.56 Å². The van der Waals surface area contributed by atoms with Crippen molar-refractivity contribution in [1.82, 2.24) is 19.7 Å². The number of nitrogens with zero attached hydrogens (tertiary/aromatic N) is 4. The third-order valence-corrected chi connectivity index (χ3v) is 4.05. The molecule has 2 aromatic rings. The van der Waals surface area contributed by atoms with Crippen LogP contribution in [0.2, 0.25) is 0 Å². The summed E-state index contributed by atoms with van der Waals surface area (Å²) in [6, 6.07) is 2.08. The average molecular weight is 291 g/mol. The van der Waals surface area contributed by atoms with Crippen LogP contribution in [0.1, 0.15) is 31.5 Å². The van der Waals surface area contributed by atoms with Gasteiger partial charge in [0.1, 0.15) is 22.2 Å². The van der Waals surface area contributed by atoms with Crippen molar-refractivity contribution in [1.29, 1.82) is 0 Å². The Hall–Kier alpha value is -1.56. The van der Waals surface area contributed by atoms with Gasteiger partial charge in [0.15, 0.2) is 0 Å². The molecule has 2 heterocycles. The van der Waals surface area contributed by atoms with Gasteiger partial charge < -0.3 is 5.32 Å². The molecule has 0 aliphatic carbocycles. The van der Waals surface area contributed by atoms with Crippen LogP contribution in [0, 0.1) is 6.92 Å². The minimum atomic E-state index is 0.864. The van der Waals surface area contributed by atoms with E-state index in [1.807, 2.05) is 18.7 Å². The minimum absolute atomic E-state index is 0.864. The van der Waals surface area contributed by atoms with E-state index >= 15 is 0 Å². The molecule has 5 nitrogen and oxygen atoms in total. The molecule has 0 amide bonds. The molecule has 0 aliphatic heterocycles. The zero-order chi connectivity index (χ0) is 14.5. The van der Waals surface area contributed by atoms with Gasteiger partial charge in [-0.3, -0.25) is 4.68 Å². The van der Waals surface area contributed by atoms with Crippen LogP contribution in [0.5, 0.6) is 0 Å². The normalized spacial score (nSPS) is 10.8. The van der Waals surface area contributed by atoms with Crippen molar-refractivity contribution in [2.24, 2.45) is 7.05 Å². The molecule has 0 unspecified atom stereocenters. The Balaban J connectivity index is 2.34. The summed E-state index contributed by atoms with van der Waals surface area (Å²) < 4.78 is 1.89. The first-order chi connectivity index (χ1) is 9.65. The SMILES string of the molecule is CCCc1c(NCC)ncnc1Sc1cc(C)nn1C. The topological polar surface area (TPSA) is 55.6 Å². The molecule has 0 saturated carbocycles. The minimum Gasteiger partial charge on any atom is -0.370 e. The predicted octanol–water partition coefficient (Wildman–Crippen LogP) is 3.05. The Morgan fingerprint density at radius 1 is 1.30 bits per heavy atom. The molecule has 0 fully saturated rings. The van der Waals surface area contributed by atoms with Gasteiger partial charge in [0, 0.05) is 19.2 Å². The Labute approximate surface area is 124 Å². The van der Waals surface area contributed by atoms with Gasteiger partial charge in [0.25, 0.3) is 0 Å². The highest BCUT2D eigenvalue weighted by Gasteiger charge is 2.13. The van der Waals surface area contributed by atoms with E-state index in [4.69, 9.17) is 0 Å². The van der Waals surface area contributed by atoms with Crippen molar-refractivity contribution in [3.8, 4) is 0 Å². The fourth-order valence-corrected chi connectivity index (χ4v) is 3.08. The zero-order valence-corrected chi connectivity index (χ0v) is 13.3. The van der Waals surface area contributed by atoms with E-state index in [0.29, 0.717) is 0 Å². The number of aryl methyl sites for hydroxylation is 2. The number of hydrogen-bond donors (Lipinski definition) is 1. The number of aromatic nitrogens is 4. The molecule has 2 rings (SSSR count). The third-order valence-electron chi connectivity index (χ3n) is 2.91. The van der Waals surface area contributed by atoms with Crippen LogP contribution < -0.4 is 5.32 Å². The third kappa shape index (κ3) is 3.30. The van der Waals surface area contributed by atoms with Gasteiger partial charge >= 0.3 is 0 Å². The second-order valence-corrected chi connectivity index (χ2v) is 5.65. The summed E-state index contributed by atoms with van der Waals surface area (Å²) in [6.45, 7) is 7.12. The second kappa shape index (κ2) is 6.74. The van der Waals surface area contributed by atoms with Crippen molar-refractivity contribution in [2.45, 2.75) is 43.7 Å². The molecule has 0 radical (unpaired) electrons. The van der Waals surface area contributed by atoms with Gasteiger partial charge in [0.2, 0.25) is 0 Å². The molecular formula is C14H21N5S. The van der Waals surface area contributed by atoms with Crippen LogP contribution >= 0.6 is 11.8 Å². The van der Waals surface area contributed by atoms with E-state index in [1.54, 1.807) is 18.1 Å². The van der Waals surface area contributed by atoms with Gasteiger partial charge in [-0.15, -0.1) is 0 Å². The van der Waals surface area contributed by atoms with E-state index in [-0.39, 0.29) is 0 Å². The van der Waals surface area contributed by atoms with Gasteiger partial charge in [-0.05, 0) is 38.1 Å². The van der Waals surface area contributed by atoms with E-state index in [9.17, 15) is 0 Å². The van der Waals surface area contributed by atoms with Crippen molar-refractivity contribution in [3.05, 3.63) is 23.7 Å². The second-order valence-electron chi connectivity index (χ2n) is 4.64. The van der Waals surface area contributed by atoms with Crippen molar-refractivity contribution >= 4 is 17.6 Å². The maximum absolute atomic E-state index is 4.46. The molecule has 108 valence electrons. The lowest BCUT2D eigenvalue weighted by atomic mass is 10.2. The van der Waals surface area contributed by atoms with E-state index in [2.05, 4.69) is 40.3 Å². The number of anilines is 1. The molecule has 1 N–H and O–H groups in total. The molecule has 0 spiro atoms. The van der Waals surface area contributed by atoms with Gasteiger partial charge in [-0.2, -0.15) is 5.10 Å². The lowest BCUT2D eigenvalue weighted by Gasteiger charge is -2.12. The molecule has 0 aromatic carbocycles. The molecular weight excluding hydrogens is 270 g/mol. The van der Waals surface area contributed by atoms with Crippen LogP contribution in [0.3, 0.4) is 0 Å². The van der Waals surface area contributed by atoms with E-state index in [0.717, 1.165) is 41.0 Å². The predicted molar refractivity (Wildman–Crippen MR) is 82.3 cm³/mol. The Morgan fingerprint density at radius 2 is 2.10 bits per heavy atom. The maximum Gasteiger partial charge on any atom is 0.133 e.